The molecule has 0 N–H and O–H groups in total. The minimum atomic E-state index is -0.666. The summed E-state index contributed by atoms with van der Waals surface area (Å²) >= 11 is 0. The fourth-order valence-electron chi connectivity index (χ4n) is 4.23. The lowest BCUT2D eigenvalue weighted by Crippen LogP contribution is -2.45. The van der Waals surface area contributed by atoms with Crippen molar-refractivity contribution in [1.29, 1.82) is 0 Å². The molecule has 0 radical (unpaired) electrons. The van der Waals surface area contributed by atoms with Gasteiger partial charge in [-0.1, -0.05) is 6.92 Å². The Kier molecular flexibility index (Phi) is 2.49. The van der Waals surface area contributed by atoms with Gasteiger partial charge in [0.1, 0.15) is 5.54 Å². The van der Waals surface area contributed by atoms with Crippen LogP contribution in [0.15, 0.2) is 0 Å². The minimum Gasteiger partial charge on any atom is -0.337 e. The lowest BCUT2D eigenvalue weighted by atomic mass is 9.99. The third kappa shape index (κ3) is 1.61. The van der Waals surface area contributed by atoms with Crippen LogP contribution in [-0.4, -0.2) is 63.3 Å². The van der Waals surface area contributed by atoms with Gasteiger partial charge in [0.25, 0.3) is 5.91 Å². The summed E-state index contributed by atoms with van der Waals surface area (Å²) in [7, 11) is 0. The van der Waals surface area contributed by atoms with Crippen LogP contribution in [0, 0.1) is 5.92 Å². The van der Waals surface area contributed by atoms with Crippen LogP contribution in [0.2, 0.25) is 0 Å². The Morgan fingerprint density at radius 3 is 2.57 bits per heavy atom. The summed E-state index contributed by atoms with van der Waals surface area (Å²) in [4.78, 5) is 42.4. The molecule has 1 saturated carbocycles. The molecular formula is C15H21N3O3. The fraction of sp³-hybridized carbons (Fsp3) is 0.800. The molecule has 4 amide bonds. The SMILES string of the molecule is C[C@@H]1C[C@H]1N1C[C@@H](N2C(=O)N3CCC[C@@]3(C)C2=O)CC1=O. The van der Waals surface area contributed by atoms with Crippen LogP contribution in [0.25, 0.3) is 0 Å². The van der Waals surface area contributed by atoms with E-state index in [1.54, 1.807) is 4.90 Å². The number of amides is 4. The molecule has 4 atom stereocenters. The monoisotopic (exact) mass is 291 g/mol. The Bertz CT molecular complexity index is 548. The van der Waals surface area contributed by atoms with Gasteiger partial charge in [0.05, 0.1) is 6.04 Å². The Balaban J connectivity index is 1.56. The Hall–Kier alpha value is -1.59. The van der Waals surface area contributed by atoms with Crippen LogP contribution in [0.1, 0.15) is 39.5 Å². The quantitative estimate of drug-likeness (QED) is 0.707. The van der Waals surface area contributed by atoms with Gasteiger partial charge in [0, 0.05) is 25.6 Å². The van der Waals surface area contributed by atoms with Gasteiger partial charge in [-0.25, -0.2) is 4.79 Å². The molecule has 0 aromatic heterocycles. The first-order valence-electron chi connectivity index (χ1n) is 7.88. The molecule has 6 heteroatoms. The maximum Gasteiger partial charge on any atom is 0.328 e. The molecule has 3 aliphatic heterocycles. The van der Waals surface area contributed by atoms with Gasteiger partial charge in [-0.2, -0.15) is 0 Å². The number of rotatable bonds is 2. The number of hydrogen-bond donors (Lipinski definition) is 0. The van der Waals surface area contributed by atoms with Crippen molar-refractivity contribution in [2.24, 2.45) is 5.92 Å². The summed E-state index contributed by atoms with van der Waals surface area (Å²) in [6.45, 7) is 5.17. The first kappa shape index (κ1) is 13.1. The van der Waals surface area contributed by atoms with Crippen LogP contribution in [-0.2, 0) is 9.59 Å². The average Bonchev–Trinajstić information content (AvgIpc) is 2.79. The van der Waals surface area contributed by atoms with Crippen molar-refractivity contribution in [2.75, 3.05) is 13.1 Å². The highest BCUT2D eigenvalue weighted by Gasteiger charge is 2.59. The molecule has 0 bridgehead atoms. The Morgan fingerprint density at radius 2 is 1.95 bits per heavy atom. The first-order chi connectivity index (χ1) is 9.93. The van der Waals surface area contributed by atoms with Gasteiger partial charge >= 0.3 is 6.03 Å². The molecule has 1 aliphatic carbocycles. The van der Waals surface area contributed by atoms with Gasteiger partial charge in [0.2, 0.25) is 5.91 Å². The van der Waals surface area contributed by atoms with E-state index >= 15 is 0 Å². The van der Waals surface area contributed by atoms with Crippen molar-refractivity contribution in [3.8, 4) is 0 Å². The largest absolute Gasteiger partial charge is 0.337 e. The zero-order valence-electron chi connectivity index (χ0n) is 12.5. The number of fused-ring (bicyclic) bond motifs is 1. The molecule has 4 aliphatic rings. The van der Waals surface area contributed by atoms with Gasteiger partial charge in [0.15, 0.2) is 0 Å². The topological polar surface area (TPSA) is 60.9 Å². The predicted octanol–water partition coefficient (Wildman–Crippen LogP) is 0.812. The number of carbonyl (C=O) groups is 3. The maximum atomic E-state index is 12.7. The molecule has 4 rings (SSSR count). The highest BCUT2D eigenvalue weighted by Crippen LogP contribution is 2.42. The van der Waals surface area contributed by atoms with E-state index in [2.05, 4.69) is 6.92 Å². The molecule has 0 unspecified atom stereocenters. The maximum absolute atomic E-state index is 12.7. The van der Waals surface area contributed by atoms with E-state index < -0.39 is 5.54 Å². The van der Waals surface area contributed by atoms with E-state index in [0.717, 1.165) is 19.3 Å². The van der Waals surface area contributed by atoms with Crippen LogP contribution in [0.3, 0.4) is 0 Å². The lowest BCUT2D eigenvalue weighted by Gasteiger charge is -2.23. The predicted molar refractivity (Wildman–Crippen MR) is 74.3 cm³/mol. The number of imide groups is 1. The van der Waals surface area contributed by atoms with Crippen molar-refractivity contribution in [1.82, 2.24) is 14.7 Å². The average molecular weight is 291 g/mol. The van der Waals surface area contributed by atoms with Crippen LogP contribution < -0.4 is 0 Å². The van der Waals surface area contributed by atoms with E-state index in [0.29, 0.717) is 31.5 Å². The summed E-state index contributed by atoms with van der Waals surface area (Å²) in [6, 6.07) is -0.137. The number of urea groups is 1. The van der Waals surface area contributed by atoms with Crippen molar-refractivity contribution >= 4 is 17.8 Å². The molecular weight excluding hydrogens is 270 g/mol. The van der Waals surface area contributed by atoms with Crippen LogP contribution >= 0.6 is 0 Å². The molecule has 0 aromatic rings. The second-order valence-corrected chi connectivity index (χ2v) is 7.17. The van der Waals surface area contributed by atoms with Crippen molar-refractivity contribution in [3.63, 3.8) is 0 Å². The zero-order chi connectivity index (χ0) is 14.9. The normalized spacial score (nSPS) is 42.3. The summed E-state index contributed by atoms with van der Waals surface area (Å²) in [6.07, 6.45) is 2.96. The van der Waals surface area contributed by atoms with Gasteiger partial charge in [-0.15, -0.1) is 0 Å². The molecule has 3 heterocycles. The highest BCUT2D eigenvalue weighted by atomic mass is 16.2. The minimum absolute atomic E-state index is 0.0900. The number of carbonyl (C=O) groups excluding carboxylic acids is 3. The van der Waals surface area contributed by atoms with E-state index in [1.807, 2.05) is 11.8 Å². The standard InChI is InChI=1S/C15H21N3O3/c1-9-6-11(9)16-8-10(7-12(16)19)18-13(20)15(2)4-3-5-17(15)14(18)21/h9-11H,3-8H2,1-2H3/t9-,10+,11-,15+/m1/s1. The van der Waals surface area contributed by atoms with Crippen molar-refractivity contribution in [3.05, 3.63) is 0 Å². The second kappa shape index (κ2) is 3.99. The van der Waals surface area contributed by atoms with E-state index in [4.69, 9.17) is 0 Å². The molecule has 3 saturated heterocycles. The number of likely N-dealkylation sites (tertiary alicyclic amines) is 1. The molecule has 4 fully saturated rings. The Morgan fingerprint density at radius 1 is 1.24 bits per heavy atom. The lowest BCUT2D eigenvalue weighted by molar-refractivity contribution is -0.133. The number of hydrogen-bond acceptors (Lipinski definition) is 3. The summed E-state index contributed by atoms with van der Waals surface area (Å²) < 4.78 is 0. The Labute approximate surface area is 124 Å². The van der Waals surface area contributed by atoms with E-state index in [9.17, 15) is 14.4 Å². The van der Waals surface area contributed by atoms with Crippen LogP contribution in [0.4, 0.5) is 4.79 Å². The number of nitrogens with zero attached hydrogens (tertiary/aromatic N) is 3. The van der Waals surface area contributed by atoms with E-state index in [1.165, 1.54) is 4.90 Å². The van der Waals surface area contributed by atoms with Crippen molar-refractivity contribution < 1.29 is 14.4 Å². The molecule has 0 spiro atoms. The van der Waals surface area contributed by atoms with Gasteiger partial charge in [-0.3, -0.25) is 14.5 Å². The van der Waals surface area contributed by atoms with E-state index in [-0.39, 0.29) is 23.9 Å². The third-order valence-electron chi connectivity index (χ3n) is 5.73. The molecule has 6 nitrogen and oxygen atoms in total. The highest BCUT2D eigenvalue weighted by molar-refractivity contribution is 6.08. The van der Waals surface area contributed by atoms with Crippen LogP contribution in [0.5, 0.6) is 0 Å². The summed E-state index contributed by atoms with van der Waals surface area (Å²) in [5.41, 5.74) is -0.666. The van der Waals surface area contributed by atoms with Crippen molar-refractivity contribution in [2.45, 2.75) is 57.2 Å². The van der Waals surface area contributed by atoms with Gasteiger partial charge in [-0.05, 0) is 32.1 Å². The first-order valence-corrected chi connectivity index (χ1v) is 7.88. The summed E-state index contributed by atoms with van der Waals surface area (Å²) in [5, 5.41) is 0. The second-order valence-electron chi connectivity index (χ2n) is 7.17. The molecule has 0 aromatic carbocycles. The van der Waals surface area contributed by atoms with Gasteiger partial charge < -0.3 is 9.80 Å². The summed E-state index contributed by atoms with van der Waals surface area (Å²) in [5.74, 6) is 0.541. The fourth-order valence-corrected chi connectivity index (χ4v) is 4.23. The molecule has 114 valence electrons. The third-order valence-corrected chi connectivity index (χ3v) is 5.73. The smallest absolute Gasteiger partial charge is 0.328 e. The zero-order valence-corrected chi connectivity index (χ0v) is 12.5. The molecule has 21 heavy (non-hydrogen) atoms.